The number of nitrogens with one attached hydrogen (secondary N) is 1. The molecule has 2 rings (SSSR count). The fourth-order valence-electron chi connectivity index (χ4n) is 1.46. The van der Waals surface area contributed by atoms with Crippen LogP contribution in [0, 0.1) is 0 Å². The zero-order valence-corrected chi connectivity index (χ0v) is 10.4. The second-order valence-corrected chi connectivity index (χ2v) is 5.19. The van der Waals surface area contributed by atoms with E-state index in [0.29, 0.717) is 16.2 Å². The van der Waals surface area contributed by atoms with E-state index in [1.54, 1.807) is 7.05 Å². The van der Waals surface area contributed by atoms with E-state index in [-0.39, 0.29) is 6.04 Å². The summed E-state index contributed by atoms with van der Waals surface area (Å²) in [4.78, 5) is 3.99. The number of nitrogens with zero attached hydrogens (tertiary/aromatic N) is 1. The van der Waals surface area contributed by atoms with Gasteiger partial charge in [0.25, 0.3) is 0 Å². The van der Waals surface area contributed by atoms with E-state index in [1.165, 1.54) is 17.5 Å². The molecule has 92 valence electrons. The minimum Gasteiger partial charge on any atom is -0.309 e. The first-order valence-electron chi connectivity index (χ1n) is 4.74. The predicted molar refractivity (Wildman–Crippen MR) is 62.3 cm³/mol. The summed E-state index contributed by atoms with van der Waals surface area (Å²) < 4.78 is 37.3. The lowest BCUT2D eigenvalue weighted by molar-refractivity contribution is -0.137. The summed E-state index contributed by atoms with van der Waals surface area (Å²) in [6.45, 7) is 0. The van der Waals surface area contributed by atoms with Crippen molar-refractivity contribution in [1.82, 2.24) is 10.3 Å². The van der Waals surface area contributed by atoms with Gasteiger partial charge in [-0.15, -0.1) is 11.3 Å². The van der Waals surface area contributed by atoms with Crippen LogP contribution in [0.15, 0.2) is 23.0 Å². The number of thiophene rings is 1. The van der Waals surface area contributed by atoms with Gasteiger partial charge < -0.3 is 5.32 Å². The van der Waals surface area contributed by atoms with Gasteiger partial charge in [-0.1, -0.05) is 0 Å². The number of halogens is 3. The lowest BCUT2D eigenvalue weighted by Gasteiger charge is -2.11. The molecule has 0 spiro atoms. The minimum absolute atomic E-state index is 0.227. The first-order valence-corrected chi connectivity index (χ1v) is 6.50. The van der Waals surface area contributed by atoms with Gasteiger partial charge in [-0.2, -0.15) is 24.5 Å². The maximum Gasteiger partial charge on any atom is 0.443 e. The van der Waals surface area contributed by atoms with Crippen LogP contribution in [-0.2, 0) is 6.18 Å². The first-order chi connectivity index (χ1) is 8.02. The minimum atomic E-state index is -4.37. The maximum absolute atomic E-state index is 12.4. The van der Waals surface area contributed by atoms with Crippen LogP contribution in [0.1, 0.15) is 21.5 Å². The fourth-order valence-corrected chi connectivity index (χ4v) is 3.07. The third-order valence-electron chi connectivity index (χ3n) is 2.22. The molecule has 1 unspecified atom stereocenters. The molecule has 0 amide bonds. The Morgan fingerprint density at radius 1 is 1.41 bits per heavy atom. The van der Waals surface area contributed by atoms with Crippen molar-refractivity contribution < 1.29 is 13.2 Å². The van der Waals surface area contributed by atoms with Crippen molar-refractivity contribution in [2.75, 3.05) is 7.05 Å². The van der Waals surface area contributed by atoms with Gasteiger partial charge in [0.2, 0.25) is 0 Å². The van der Waals surface area contributed by atoms with Crippen LogP contribution >= 0.6 is 22.7 Å². The van der Waals surface area contributed by atoms with Crippen LogP contribution in [0.5, 0.6) is 0 Å². The molecular weight excluding hydrogens is 269 g/mol. The number of hydrogen-bond donors (Lipinski definition) is 1. The molecule has 1 N–H and O–H groups in total. The third-order valence-corrected chi connectivity index (χ3v) is 4.02. The Bertz CT molecular complexity index is 476. The highest BCUT2D eigenvalue weighted by molar-refractivity contribution is 7.11. The van der Waals surface area contributed by atoms with Crippen molar-refractivity contribution in [3.8, 4) is 0 Å². The second kappa shape index (κ2) is 4.75. The Balaban J connectivity index is 2.30. The van der Waals surface area contributed by atoms with E-state index < -0.39 is 11.2 Å². The standard InChI is InChI=1S/C10H9F3N2S2/c1-14-8(6-2-3-16-5-6)7-4-15-9(17-7)10(11,12)13/h2-5,8,14H,1H3. The van der Waals surface area contributed by atoms with E-state index in [0.717, 1.165) is 5.56 Å². The van der Waals surface area contributed by atoms with Crippen molar-refractivity contribution in [3.05, 3.63) is 38.5 Å². The molecule has 0 aliphatic heterocycles. The van der Waals surface area contributed by atoms with Gasteiger partial charge in [-0.05, 0) is 29.4 Å². The molecule has 1 atom stereocenters. The average molecular weight is 278 g/mol. The van der Waals surface area contributed by atoms with Crippen LogP contribution < -0.4 is 5.32 Å². The van der Waals surface area contributed by atoms with Gasteiger partial charge >= 0.3 is 6.18 Å². The quantitative estimate of drug-likeness (QED) is 0.929. The monoisotopic (exact) mass is 278 g/mol. The zero-order valence-electron chi connectivity index (χ0n) is 8.78. The number of rotatable bonds is 3. The highest BCUT2D eigenvalue weighted by Gasteiger charge is 2.35. The summed E-state index contributed by atoms with van der Waals surface area (Å²) in [5.74, 6) is 0. The predicted octanol–water partition coefficient (Wildman–Crippen LogP) is 3.53. The lowest BCUT2D eigenvalue weighted by atomic mass is 10.1. The highest BCUT2D eigenvalue weighted by atomic mass is 32.1. The molecule has 2 heterocycles. The summed E-state index contributed by atoms with van der Waals surface area (Å²) in [5.41, 5.74) is 0.954. The molecule has 0 aliphatic carbocycles. The van der Waals surface area contributed by atoms with Gasteiger partial charge in [-0.3, -0.25) is 0 Å². The number of alkyl halides is 3. The van der Waals surface area contributed by atoms with E-state index in [9.17, 15) is 13.2 Å². The van der Waals surface area contributed by atoms with Crippen LogP contribution in [0.3, 0.4) is 0 Å². The van der Waals surface area contributed by atoms with Gasteiger partial charge in [0, 0.05) is 11.1 Å². The number of thiazole rings is 1. The molecule has 0 saturated carbocycles. The maximum atomic E-state index is 12.4. The summed E-state index contributed by atoms with van der Waals surface area (Å²) >= 11 is 2.19. The normalized spacial score (nSPS) is 13.9. The molecule has 0 radical (unpaired) electrons. The van der Waals surface area contributed by atoms with Gasteiger partial charge in [-0.25, -0.2) is 4.98 Å². The largest absolute Gasteiger partial charge is 0.443 e. The molecule has 0 aliphatic rings. The molecule has 2 aromatic rings. The second-order valence-electron chi connectivity index (χ2n) is 3.34. The molecule has 17 heavy (non-hydrogen) atoms. The number of aromatic nitrogens is 1. The zero-order chi connectivity index (χ0) is 12.5. The molecular formula is C10H9F3N2S2. The van der Waals surface area contributed by atoms with Crippen molar-refractivity contribution >= 4 is 22.7 Å². The molecule has 7 heteroatoms. The van der Waals surface area contributed by atoms with E-state index >= 15 is 0 Å². The van der Waals surface area contributed by atoms with Gasteiger partial charge in [0.05, 0.1) is 6.04 Å². The summed E-state index contributed by atoms with van der Waals surface area (Å²) in [6.07, 6.45) is -3.08. The van der Waals surface area contributed by atoms with Crippen molar-refractivity contribution in [1.29, 1.82) is 0 Å². The van der Waals surface area contributed by atoms with E-state index in [4.69, 9.17) is 0 Å². The Hall–Kier alpha value is -0.920. The molecule has 0 bridgehead atoms. The number of hydrogen-bond acceptors (Lipinski definition) is 4. The Morgan fingerprint density at radius 3 is 2.65 bits per heavy atom. The summed E-state index contributed by atoms with van der Waals surface area (Å²) in [6, 6.07) is 1.66. The van der Waals surface area contributed by atoms with Crippen molar-refractivity contribution in [2.45, 2.75) is 12.2 Å². The lowest BCUT2D eigenvalue weighted by Crippen LogP contribution is -2.15. The summed E-state index contributed by atoms with van der Waals surface area (Å²) in [5, 5.41) is 6.00. The molecule has 2 nitrogen and oxygen atoms in total. The van der Waals surface area contributed by atoms with Crippen LogP contribution in [-0.4, -0.2) is 12.0 Å². The Morgan fingerprint density at radius 2 is 2.18 bits per heavy atom. The van der Waals surface area contributed by atoms with Crippen molar-refractivity contribution in [2.24, 2.45) is 0 Å². The molecule has 0 aromatic carbocycles. The molecule has 2 aromatic heterocycles. The van der Waals surface area contributed by atoms with Crippen molar-refractivity contribution in [3.63, 3.8) is 0 Å². The van der Waals surface area contributed by atoms with Gasteiger partial charge in [0.15, 0.2) is 5.01 Å². The Kier molecular flexibility index (Phi) is 3.50. The van der Waals surface area contributed by atoms with E-state index in [1.807, 2.05) is 16.8 Å². The van der Waals surface area contributed by atoms with Crippen LogP contribution in [0.25, 0.3) is 0 Å². The highest BCUT2D eigenvalue weighted by Crippen LogP contribution is 2.36. The fraction of sp³-hybridized carbons (Fsp3) is 0.300. The first kappa shape index (κ1) is 12.5. The topological polar surface area (TPSA) is 24.9 Å². The molecule has 0 fully saturated rings. The smallest absolute Gasteiger partial charge is 0.309 e. The van der Waals surface area contributed by atoms with Gasteiger partial charge in [0.1, 0.15) is 0 Å². The average Bonchev–Trinajstić information content (AvgIpc) is 2.87. The third kappa shape index (κ3) is 2.67. The van der Waals surface area contributed by atoms with Crippen LogP contribution in [0.2, 0.25) is 0 Å². The SMILES string of the molecule is CNC(c1ccsc1)c1cnc(C(F)(F)F)s1. The Labute approximate surface area is 104 Å². The molecule has 0 saturated heterocycles. The van der Waals surface area contributed by atoms with E-state index in [2.05, 4.69) is 10.3 Å². The summed E-state index contributed by atoms with van der Waals surface area (Å²) in [7, 11) is 1.72. The van der Waals surface area contributed by atoms with Crippen LogP contribution in [0.4, 0.5) is 13.2 Å².